The number of hydrogen-bond donors (Lipinski definition) is 2. The molecule has 22 heavy (non-hydrogen) atoms. The fraction of sp³-hybridized carbons (Fsp3) is 0.765. The molecule has 0 aliphatic heterocycles. The van der Waals surface area contributed by atoms with Crippen LogP contribution in [0.25, 0.3) is 0 Å². The van der Waals surface area contributed by atoms with Crippen molar-refractivity contribution in [3.05, 3.63) is 11.3 Å². The van der Waals surface area contributed by atoms with Crippen molar-refractivity contribution in [3.8, 4) is 0 Å². The van der Waals surface area contributed by atoms with Crippen molar-refractivity contribution in [1.29, 1.82) is 0 Å². The van der Waals surface area contributed by atoms with Gasteiger partial charge < -0.3 is 9.94 Å². The van der Waals surface area contributed by atoms with E-state index in [0.29, 0.717) is 43.1 Å². The number of allylic oxidation sites excluding steroid dienone is 2. The number of aliphatic hydroxyl groups is 1. The summed E-state index contributed by atoms with van der Waals surface area (Å²) in [7, 11) is 0. The first-order chi connectivity index (χ1) is 10.6. The highest BCUT2D eigenvalue weighted by Gasteiger charge is 2.31. The monoisotopic (exact) mass is 327 g/mol. The Morgan fingerprint density at radius 1 is 1.41 bits per heavy atom. The van der Waals surface area contributed by atoms with E-state index in [0.717, 1.165) is 25.0 Å². The molecule has 0 aromatic heterocycles. The third-order valence-corrected chi connectivity index (χ3v) is 4.62. The molecule has 0 fully saturated rings. The molecule has 0 aromatic carbocycles. The zero-order valence-electron chi connectivity index (χ0n) is 14.0. The zero-order valence-corrected chi connectivity index (χ0v) is 14.9. The van der Waals surface area contributed by atoms with E-state index in [1.165, 1.54) is 0 Å². The molecule has 0 saturated heterocycles. The van der Waals surface area contributed by atoms with E-state index in [4.69, 9.17) is 4.84 Å². The molecule has 1 aliphatic carbocycles. The van der Waals surface area contributed by atoms with Crippen LogP contribution in [0.5, 0.6) is 0 Å². The van der Waals surface area contributed by atoms with Gasteiger partial charge in [-0.3, -0.25) is 4.79 Å². The number of carbonyl (C=O) groups is 1. The van der Waals surface area contributed by atoms with E-state index in [-0.39, 0.29) is 17.5 Å². The Morgan fingerprint density at radius 3 is 2.64 bits per heavy atom. The number of ketones is 1. The highest BCUT2D eigenvalue weighted by atomic mass is 32.1. The lowest BCUT2D eigenvalue weighted by molar-refractivity contribution is -0.117. The summed E-state index contributed by atoms with van der Waals surface area (Å²) >= 11 is 4.36. The molecule has 2 atom stereocenters. The minimum atomic E-state index is -0.00493. The van der Waals surface area contributed by atoms with Crippen LogP contribution in [0.2, 0.25) is 0 Å². The number of Topliss-reactive ketones (excluding diaryl/α,β-unsaturated/α-hetero) is 1. The van der Waals surface area contributed by atoms with Crippen LogP contribution in [-0.2, 0) is 9.63 Å². The van der Waals surface area contributed by atoms with Crippen LogP contribution in [0.3, 0.4) is 0 Å². The molecule has 4 nitrogen and oxygen atoms in total. The largest absolute Gasteiger partial charge is 0.511 e. The molecule has 0 bridgehead atoms. The van der Waals surface area contributed by atoms with Crippen LogP contribution in [0.4, 0.5) is 0 Å². The van der Waals surface area contributed by atoms with E-state index in [2.05, 4.69) is 24.7 Å². The molecule has 5 heteroatoms. The Morgan fingerprint density at radius 2 is 2.14 bits per heavy atom. The lowest BCUT2D eigenvalue weighted by Gasteiger charge is -2.26. The maximum absolute atomic E-state index is 12.5. The van der Waals surface area contributed by atoms with Gasteiger partial charge in [0.1, 0.15) is 12.4 Å². The van der Waals surface area contributed by atoms with Gasteiger partial charge in [0.2, 0.25) is 0 Å². The van der Waals surface area contributed by atoms with Gasteiger partial charge in [-0.2, -0.15) is 12.6 Å². The molecular formula is C17H29NO3S. The van der Waals surface area contributed by atoms with Gasteiger partial charge in [-0.25, -0.2) is 0 Å². The van der Waals surface area contributed by atoms with Crippen molar-refractivity contribution in [1.82, 2.24) is 0 Å². The lowest BCUT2D eigenvalue weighted by atomic mass is 9.80. The normalized spacial score (nSPS) is 21.2. The predicted octanol–water partition coefficient (Wildman–Crippen LogP) is 4.32. The number of nitrogens with zero attached hydrogens (tertiary/aromatic N) is 1. The molecule has 1 aliphatic rings. The van der Waals surface area contributed by atoms with Gasteiger partial charge in [-0.05, 0) is 37.4 Å². The number of hydrogen-bond acceptors (Lipinski definition) is 5. The first kappa shape index (κ1) is 19.1. The van der Waals surface area contributed by atoms with Crippen molar-refractivity contribution in [2.75, 3.05) is 12.4 Å². The third kappa shape index (κ3) is 5.34. The fourth-order valence-electron chi connectivity index (χ4n) is 2.90. The first-order valence-electron chi connectivity index (χ1n) is 8.32. The van der Waals surface area contributed by atoms with Crippen LogP contribution in [0, 0.1) is 11.8 Å². The van der Waals surface area contributed by atoms with E-state index < -0.39 is 0 Å². The number of aliphatic hydroxyl groups excluding tert-OH is 1. The minimum Gasteiger partial charge on any atom is -0.511 e. The molecular weight excluding hydrogens is 298 g/mol. The quantitative estimate of drug-likeness (QED) is 0.377. The van der Waals surface area contributed by atoms with Crippen molar-refractivity contribution in [3.63, 3.8) is 0 Å². The predicted molar refractivity (Wildman–Crippen MR) is 93.6 cm³/mol. The Balaban J connectivity index is 2.89. The summed E-state index contributed by atoms with van der Waals surface area (Å²) < 4.78 is 0. The Bertz CT molecular complexity index is 428. The van der Waals surface area contributed by atoms with Crippen LogP contribution < -0.4 is 0 Å². The molecule has 1 N–H and O–H groups in total. The van der Waals surface area contributed by atoms with E-state index in [1.54, 1.807) is 0 Å². The molecule has 0 aromatic rings. The second kappa shape index (κ2) is 9.93. The summed E-state index contributed by atoms with van der Waals surface area (Å²) in [5.74, 6) is 1.72. The third-order valence-electron chi connectivity index (χ3n) is 4.10. The van der Waals surface area contributed by atoms with Gasteiger partial charge >= 0.3 is 0 Å². The minimum absolute atomic E-state index is 0.00493. The average molecular weight is 327 g/mol. The van der Waals surface area contributed by atoms with E-state index >= 15 is 0 Å². The van der Waals surface area contributed by atoms with Crippen molar-refractivity contribution in [2.45, 2.75) is 59.3 Å². The van der Waals surface area contributed by atoms with Crippen LogP contribution in [0.1, 0.15) is 59.3 Å². The highest BCUT2D eigenvalue weighted by Crippen LogP contribution is 2.32. The standard InChI is InChI=1S/C17H29NO3S/c1-4-7-14(18-21-6-3)17-15(19)9-13(10-16(17)20)8-12(5-2)11-22/h12-13,19,22H,4-11H2,1-3H3. The number of carbonyl (C=O) groups excluding carboxylic acids is 1. The Labute approximate surface area is 139 Å². The molecule has 0 radical (unpaired) electrons. The number of rotatable bonds is 9. The van der Waals surface area contributed by atoms with Gasteiger partial charge in [-0.15, -0.1) is 0 Å². The molecule has 0 heterocycles. The highest BCUT2D eigenvalue weighted by molar-refractivity contribution is 7.80. The molecule has 2 unspecified atom stereocenters. The lowest BCUT2D eigenvalue weighted by Crippen LogP contribution is -2.26. The first-order valence-corrected chi connectivity index (χ1v) is 8.95. The van der Waals surface area contributed by atoms with Gasteiger partial charge in [0.15, 0.2) is 5.78 Å². The van der Waals surface area contributed by atoms with Crippen molar-refractivity contribution < 1.29 is 14.7 Å². The topological polar surface area (TPSA) is 58.9 Å². The number of oxime groups is 1. The van der Waals surface area contributed by atoms with Crippen LogP contribution >= 0.6 is 12.6 Å². The molecule has 126 valence electrons. The summed E-state index contributed by atoms with van der Waals surface area (Å²) in [6.45, 7) is 6.47. The van der Waals surface area contributed by atoms with Crippen LogP contribution in [0.15, 0.2) is 16.5 Å². The van der Waals surface area contributed by atoms with Crippen molar-refractivity contribution in [2.24, 2.45) is 17.0 Å². The van der Waals surface area contributed by atoms with Gasteiger partial charge in [0.25, 0.3) is 0 Å². The summed E-state index contributed by atoms with van der Waals surface area (Å²) in [5, 5.41) is 14.4. The maximum Gasteiger partial charge on any atom is 0.168 e. The van der Waals surface area contributed by atoms with Crippen LogP contribution in [-0.4, -0.2) is 29.0 Å². The Hall–Kier alpha value is -0.970. The summed E-state index contributed by atoms with van der Waals surface area (Å²) in [5.41, 5.74) is 0.983. The molecule has 0 spiro atoms. The van der Waals surface area contributed by atoms with Gasteiger partial charge in [0, 0.05) is 12.8 Å². The van der Waals surface area contributed by atoms with E-state index in [1.807, 2.05) is 13.8 Å². The van der Waals surface area contributed by atoms with E-state index in [9.17, 15) is 9.90 Å². The van der Waals surface area contributed by atoms with Crippen molar-refractivity contribution >= 4 is 24.1 Å². The summed E-state index contributed by atoms with van der Waals surface area (Å²) in [4.78, 5) is 17.6. The average Bonchev–Trinajstić information content (AvgIpc) is 2.49. The summed E-state index contributed by atoms with van der Waals surface area (Å²) in [6, 6.07) is 0. The second-order valence-corrected chi connectivity index (χ2v) is 6.28. The molecule has 0 amide bonds. The van der Waals surface area contributed by atoms with Gasteiger partial charge in [-0.1, -0.05) is 31.8 Å². The Kier molecular flexibility index (Phi) is 8.61. The summed E-state index contributed by atoms with van der Waals surface area (Å²) in [6.07, 6.45) is 4.53. The van der Waals surface area contributed by atoms with Gasteiger partial charge in [0.05, 0.1) is 11.3 Å². The zero-order chi connectivity index (χ0) is 16.5. The second-order valence-electron chi connectivity index (χ2n) is 5.92. The maximum atomic E-state index is 12.5. The SMILES string of the molecule is CCCC(=NOCC)C1=C(O)CC(CC(CC)CS)CC1=O. The molecule has 1 rings (SSSR count). The molecule has 0 saturated carbocycles. The smallest absolute Gasteiger partial charge is 0.168 e. The number of thiol groups is 1. The fourth-order valence-corrected chi connectivity index (χ4v) is 3.31.